The van der Waals surface area contributed by atoms with E-state index < -0.39 is 5.41 Å². The molecule has 0 bridgehead atoms. The van der Waals surface area contributed by atoms with Crippen molar-refractivity contribution in [1.29, 1.82) is 0 Å². The van der Waals surface area contributed by atoms with Crippen molar-refractivity contribution >= 4 is 5.97 Å². The maximum Gasteiger partial charge on any atom is 0.316 e. The highest BCUT2D eigenvalue weighted by Crippen LogP contribution is 2.22. The minimum atomic E-state index is -0.537. The molecule has 0 saturated carbocycles. The molecular formula is C15H18N2O4. The molecule has 2 rings (SSSR count). The third-order valence-corrected chi connectivity index (χ3v) is 2.58. The maximum absolute atomic E-state index is 11.8. The van der Waals surface area contributed by atoms with Crippen LogP contribution in [0.25, 0.3) is 0 Å². The molecule has 112 valence electrons. The molecule has 0 aliphatic rings. The Morgan fingerprint density at radius 1 is 1.19 bits per heavy atom. The fourth-order valence-corrected chi connectivity index (χ4v) is 1.41. The Kier molecular flexibility index (Phi) is 4.26. The van der Waals surface area contributed by atoms with Crippen LogP contribution in [0.1, 0.15) is 32.5 Å². The summed E-state index contributed by atoms with van der Waals surface area (Å²) in [5.74, 6) is 1.81. The number of carbonyl (C=O) groups is 1. The van der Waals surface area contributed by atoms with Gasteiger partial charge in [-0.25, -0.2) is 0 Å². The van der Waals surface area contributed by atoms with Gasteiger partial charge in [0.1, 0.15) is 11.5 Å². The van der Waals surface area contributed by atoms with Crippen molar-refractivity contribution < 1.29 is 18.8 Å². The normalized spacial score (nSPS) is 11.2. The average molecular weight is 290 g/mol. The Labute approximate surface area is 123 Å². The molecule has 2 aromatic rings. The molecule has 21 heavy (non-hydrogen) atoms. The summed E-state index contributed by atoms with van der Waals surface area (Å²) in [5, 5.41) is 3.68. The molecule has 0 saturated heterocycles. The van der Waals surface area contributed by atoms with Gasteiger partial charge in [-0.05, 0) is 52.0 Å². The lowest BCUT2D eigenvalue weighted by Crippen LogP contribution is -2.25. The number of nitrogens with zero attached hydrogens (tertiary/aromatic N) is 2. The van der Waals surface area contributed by atoms with Crippen LogP contribution in [-0.4, -0.2) is 16.1 Å². The van der Waals surface area contributed by atoms with Crippen LogP contribution in [0.3, 0.4) is 0 Å². The zero-order chi connectivity index (χ0) is 15.5. The average Bonchev–Trinajstić information content (AvgIpc) is 2.83. The highest BCUT2D eigenvalue weighted by atomic mass is 16.5. The largest absolute Gasteiger partial charge is 0.484 e. The van der Waals surface area contributed by atoms with E-state index in [1.165, 1.54) is 0 Å². The zero-order valence-electron chi connectivity index (χ0n) is 12.5. The third-order valence-electron chi connectivity index (χ3n) is 2.58. The number of rotatable bonds is 4. The molecule has 1 heterocycles. The highest BCUT2D eigenvalue weighted by molar-refractivity contribution is 5.77. The summed E-state index contributed by atoms with van der Waals surface area (Å²) in [6.45, 7) is 7.35. The summed E-state index contributed by atoms with van der Waals surface area (Å²) >= 11 is 0. The van der Waals surface area contributed by atoms with Crippen molar-refractivity contribution in [3.05, 3.63) is 36.0 Å². The maximum atomic E-state index is 11.8. The van der Waals surface area contributed by atoms with Crippen LogP contribution >= 0.6 is 0 Å². The lowest BCUT2D eigenvalue weighted by atomic mass is 9.97. The van der Waals surface area contributed by atoms with Crippen LogP contribution < -0.4 is 9.47 Å². The van der Waals surface area contributed by atoms with Gasteiger partial charge in [-0.15, -0.1) is 0 Å². The number of ether oxygens (including phenoxy) is 2. The Morgan fingerprint density at radius 2 is 1.81 bits per heavy atom. The molecule has 6 heteroatoms. The topological polar surface area (TPSA) is 74.5 Å². The molecule has 0 aliphatic heterocycles. The van der Waals surface area contributed by atoms with E-state index in [2.05, 4.69) is 10.1 Å². The number of esters is 1. The fraction of sp³-hybridized carbons (Fsp3) is 0.400. The first-order valence-corrected chi connectivity index (χ1v) is 6.59. The van der Waals surface area contributed by atoms with Crippen molar-refractivity contribution in [2.45, 2.75) is 34.3 Å². The van der Waals surface area contributed by atoms with Crippen molar-refractivity contribution in [2.24, 2.45) is 5.41 Å². The number of hydrogen-bond donors (Lipinski definition) is 0. The number of hydrogen-bond acceptors (Lipinski definition) is 6. The molecule has 0 radical (unpaired) electrons. The van der Waals surface area contributed by atoms with Gasteiger partial charge in [0.25, 0.3) is 5.89 Å². The van der Waals surface area contributed by atoms with Crippen molar-refractivity contribution in [3.8, 4) is 11.5 Å². The molecule has 0 aliphatic carbocycles. The zero-order valence-corrected chi connectivity index (χ0v) is 12.5. The van der Waals surface area contributed by atoms with Crippen molar-refractivity contribution in [1.82, 2.24) is 10.1 Å². The Balaban J connectivity index is 1.91. The molecule has 0 amide bonds. The second kappa shape index (κ2) is 5.95. The lowest BCUT2D eigenvalue weighted by Gasteiger charge is -2.16. The van der Waals surface area contributed by atoms with Crippen LogP contribution in [-0.2, 0) is 11.4 Å². The molecular weight excluding hydrogens is 272 g/mol. The molecule has 1 aromatic carbocycles. The van der Waals surface area contributed by atoms with Gasteiger partial charge in [-0.1, -0.05) is 5.16 Å². The van der Waals surface area contributed by atoms with E-state index >= 15 is 0 Å². The van der Waals surface area contributed by atoms with E-state index in [9.17, 15) is 4.79 Å². The summed E-state index contributed by atoms with van der Waals surface area (Å²) < 4.78 is 15.7. The van der Waals surface area contributed by atoms with E-state index in [-0.39, 0.29) is 12.6 Å². The summed E-state index contributed by atoms with van der Waals surface area (Å²) in [6, 6.07) is 6.79. The molecule has 1 aromatic heterocycles. The number of carbonyl (C=O) groups excluding carboxylic acids is 1. The Bertz CT molecular complexity index is 611. The van der Waals surface area contributed by atoms with E-state index in [1.807, 2.05) is 0 Å². The first-order valence-electron chi connectivity index (χ1n) is 6.59. The summed E-state index contributed by atoms with van der Waals surface area (Å²) in [5.41, 5.74) is -0.537. The van der Waals surface area contributed by atoms with Crippen LogP contribution in [0.5, 0.6) is 11.5 Å². The van der Waals surface area contributed by atoms with Crippen LogP contribution in [0, 0.1) is 12.3 Å². The van der Waals surface area contributed by atoms with Crippen LogP contribution in [0.15, 0.2) is 28.8 Å². The smallest absolute Gasteiger partial charge is 0.316 e. The van der Waals surface area contributed by atoms with Gasteiger partial charge in [0, 0.05) is 0 Å². The van der Waals surface area contributed by atoms with E-state index in [0.717, 1.165) is 0 Å². The standard InChI is InChI=1S/C15H18N2O4/c1-10-16-13(21-17-10)9-19-11-5-7-12(8-6-11)20-14(18)15(2,3)4/h5-8H,9H2,1-4H3. The van der Waals surface area contributed by atoms with Crippen LogP contribution in [0.2, 0.25) is 0 Å². The van der Waals surface area contributed by atoms with Gasteiger partial charge in [-0.2, -0.15) is 4.98 Å². The van der Waals surface area contributed by atoms with E-state index in [4.69, 9.17) is 14.0 Å². The molecule has 6 nitrogen and oxygen atoms in total. The van der Waals surface area contributed by atoms with Gasteiger partial charge < -0.3 is 14.0 Å². The number of benzene rings is 1. The second-order valence-electron chi connectivity index (χ2n) is 5.63. The summed E-state index contributed by atoms with van der Waals surface area (Å²) in [7, 11) is 0. The van der Waals surface area contributed by atoms with E-state index in [0.29, 0.717) is 23.2 Å². The SMILES string of the molecule is Cc1noc(COc2ccc(OC(=O)C(C)(C)C)cc2)n1. The van der Waals surface area contributed by atoms with Gasteiger partial charge in [0.2, 0.25) is 0 Å². The minimum Gasteiger partial charge on any atom is -0.484 e. The van der Waals surface area contributed by atoms with Gasteiger partial charge in [0.05, 0.1) is 5.41 Å². The molecule has 0 atom stereocenters. The number of aromatic nitrogens is 2. The summed E-state index contributed by atoms with van der Waals surface area (Å²) in [6.07, 6.45) is 0. The fourth-order valence-electron chi connectivity index (χ4n) is 1.41. The minimum absolute atomic E-state index is 0.196. The number of aryl methyl sites for hydroxylation is 1. The Morgan fingerprint density at radius 3 is 2.33 bits per heavy atom. The quantitative estimate of drug-likeness (QED) is 0.636. The van der Waals surface area contributed by atoms with Crippen molar-refractivity contribution in [3.63, 3.8) is 0 Å². The van der Waals surface area contributed by atoms with Gasteiger partial charge in [0.15, 0.2) is 12.4 Å². The van der Waals surface area contributed by atoms with Crippen LogP contribution in [0.4, 0.5) is 0 Å². The molecule has 0 fully saturated rings. The van der Waals surface area contributed by atoms with Gasteiger partial charge in [-0.3, -0.25) is 4.79 Å². The predicted octanol–water partition coefficient (Wildman–Crippen LogP) is 2.91. The van der Waals surface area contributed by atoms with Crippen molar-refractivity contribution in [2.75, 3.05) is 0 Å². The first-order chi connectivity index (χ1) is 9.84. The predicted molar refractivity (Wildman–Crippen MR) is 74.9 cm³/mol. The summed E-state index contributed by atoms with van der Waals surface area (Å²) in [4.78, 5) is 15.8. The Hall–Kier alpha value is -2.37. The monoisotopic (exact) mass is 290 g/mol. The molecule has 0 N–H and O–H groups in total. The second-order valence-corrected chi connectivity index (χ2v) is 5.63. The van der Waals surface area contributed by atoms with Gasteiger partial charge >= 0.3 is 5.97 Å². The first kappa shape index (κ1) is 15.0. The van der Waals surface area contributed by atoms with E-state index in [1.54, 1.807) is 52.0 Å². The lowest BCUT2D eigenvalue weighted by molar-refractivity contribution is -0.143. The highest BCUT2D eigenvalue weighted by Gasteiger charge is 2.23. The molecule has 0 spiro atoms. The third kappa shape index (κ3) is 4.30. The molecule has 0 unspecified atom stereocenters.